The van der Waals surface area contributed by atoms with Gasteiger partial charge in [0.05, 0.1) is 28.3 Å². The summed E-state index contributed by atoms with van der Waals surface area (Å²) in [6, 6.07) is 6.88. The number of benzene rings is 2. The fraction of sp³-hybridized carbons (Fsp3) is 0.0667. The molecular weight excluding hydrogens is 357 g/mol. The van der Waals surface area contributed by atoms with Crippen molar-refractivity contribution in [3.63, 3.8) is 0 Å². The number of carbonyl (C=O) groups is 2. The van der Waals surface area contributed by atoms with E-state index < -0.39 is 22.7 Å². The van der Waals surface area contributed by atoms with E-state index in [0.29, 0.717) is 0 Å². The summed E-state index contributed by atoms with van der Waals surface area (Å²) >= 11 is 5.88. The van der Waals surface area contributed by atoms with Gasteiger partial charge in [-0.25, -0.2) is 9.18 Å². The van der Waals surface area contributed by atoms with E-state index in [9.17, 15) is 24.1 Å². The highest BCUT2D eigenvalue weighted by atomic mass is 35.5. The first-order valence-electron chi connectivity index (χ1n) is 6.71. The second kappa shape index (κ2) is 7.58. The van der Waals surface area contributed by atoms with Gasteiger partial charge in [-0.15, -0.1) is 0 Å². The Kier molecular flexibility index (Phi) is 5.50. The highest BCUT2D eigenvalue weighted by Gasteiger charge is 2.16. The standard InChI is InChI=1S/C15H11ClFN3O5/c1-25-15(22)19-13-6-8(2-5-12(13)17)18-14(21)10-4-3-9(20(23)24)7-11(10)16/h2-7H,1H3,(H,18,21)(H,19,22). The van der Waals surface area contributed by atoms with Gasteiger partial charge in [0.2, 0.25) is 0 Å². The zero-order valence-corrected chi connectivity index (χ0v) is 13.5. The molecule has 0 saturated carbocycles. The maximum Gasteiger partial charge on any atom is 0.411 e. The molecule has 25 heavy (non-hydrogen) atoms. The van der Waals surface area contributed by atoms with Crippen molar-refractivity contribution in [3.8, 4) is 0 Å². The summed E-state index contributed by atoms with van der Waals surface area (Å²) in [4.78, 5) is 33.4. The maximum atomic E-state index is 13.6. The third kappa shape index (κ3) is 4.42. The molecule has 10 heteroatoms. The van der Waals surface area contributed by atoms with Crippen molar-refractivity contribution in [1.29, 1.82) is 0 Å². The zero-order chi connectivity index (χ0) is 18.6. The van der Waals surface area contributed by atoms with Gasteiger partial charge in [0.1, 0.15) is 5.82 Å². The van der Waals surface area contributed by atoms with Gasteiger partial charge in [0, 0.05) is 17.8 Å². The third-order valence-electron chi connectivity index (χ3n) is 3.05. The van der Waals surface area contributed by atoms with E-state index in [1.165, 1.54) is 18.2 Å². The molecule has 0 saturated heterocycles. The molecule has 2 aromatic carbocycles. The number of ether oxygens (including phenoxy) is 1. The molecule has 2 amide bonds. The number of rotatable bonds is 4. The van der Waals surface area contributed by atoms with Gasteiger partial charge in [-0.05, 0) is 24.3 Å². The fourth-order valence-corrected chi connectivity index (χ4v) is 2.12. The minimum Gasteiger partial charge on any atom is -0.453 e. The molecule has 0 aliphatic carbocycles. The van der Waals surface area contributed by atoms with Gasteiger partial charge in [0.15, 0.2) is 0 Å². The van der Waals surface area contributed by atoms with Crippen LogP contribution in [-0.2, 0) is 4.74 Å². The van der Waals surface area contributed by atoms with Gasteiger partial charge < -0.3 is 10.1 Å². The number of nitro groups is 1. The molecule has 0 aliphatic rings. The van der Waals surface area contributed by atoms with Gasteiger partial charge >= 0.3 is 6.09 Å². The lowest BCUT2D eigenvalue weighted by molar-refractivity contribution is -0.384. The molecule has 0 spiro atoms. The minimum absolute atomic E-state index is 0.000862. The van der Waals surface area contributed by atoms with Crippen LogP contribution in [0.25, 0.3) is 0 Å². The van der Waals surface area contributed by atoms with Crippen molar-refractivity contribution in [2.45, 2.75) is 0 Å². The van der Waals surface area contributed by atoms with Crippen molar-refractivity contribution in [1.82, 2.24) is 0 Å². The van der Waals surface area contributed by atoms with Gasteiger partial charge in [0.25, 0.3) is 11.6 Å². The van der Waals surface area contributed by atoms with Crippen LogP contribution in [0, 0.1) is 15.9 Å². The number of nitrogens with zero attached hydrogens (tertiary/aromatic N) is 1. The molecule has 0 bridgehead atoms. The number of halogens is 2. The quantitative estimate of drug-likeness (QED) is 0.630. The second-order valence-corrected chi connectivity index (χ2v) is 5.09. The first-order valence-corrected chi connectivity index (χ1v) is 7.09. The first-order chi connectivity index (χ1) is 11.8. The van der Waals surface area contributed by atoms with Gasteiger partial charge in [-0.1, -0.05) is 11.6 Å². The second-order valence-electron chi connectivity index (χ2n) is 4.69. The summed E-state index contributed by atoms with van der Waals surface area (Å²) in [5.41, 5.74) is -0.279. The average molecular weight is 368 g/mol. The number of carbonyl (C=O) groups excluding carboxylic acids is 2. The Balaban J connectivity index is 2.22. The van der Waals surface area contributed by atoms with Crippen LogP contribution in [0.4, 0.5) is 26.2 Å². The van der Waals surface area contributed by atoms with Crippen molar-refractivity contribution in [2.24, 2.45) is 0 Å². The number of methoxy groups -OCH3 is 1. The number of hydrogen-bond donors (Lipinski definition) is 2. The maximum absolute atomic E-state index is 13.6. The Labute approximate surface area is 145 Å². The number of nitro benzene ring substituents is 1. The summed E-state index contributed by atoms with van der Waals surface area (Å²) < 4.78 is 18.0. The normalized spacial score (nSPS) is 10.0. The molecule has 0 radical (unpaired) electrons. The van der Waals surface area contributed by atoms with Crippen molar-refractivity contribution < 1.29 is 23.6 Å². The van der Waals surface area contributed by atoms with Crippen LogP contribution in [0.15, 0.2) is 36.4 Å². The Morgan fingerprint density at radius 1 is 1.20 bits per heavy atom. The molecule has 2 rings (SSSR count). The highest BCUT2D eigenvalue weighted by molar-refractivity contribution is 6.34. The highest BCUT2D eigenvalue weighted by Crippen LogP contribution is 2.25. The molecule has 8 nitrogen and oxygen atoms in total. The summed E-state index contributed by atoms with van der Waals surface area (Å²) in [5, 5.41) is 15.2. The van der Waals surface area contributed by atoms with E-state index in [2.05, 4.69) is 15.4 Å². The monoisotopic (exact) mass is 367 g/mol. The lowest BCUT2D eigenvalue weighted by Gasteiger charge is -2.10. The molecular formula is C15H11ClFN3O5. The Morgan fingerprint density at radius 3 is 2.52 bits per heavy atom. The van der Waals surface area contributed by atoms with Crippen molar-refractivity contribution >= 4 is 40.7 Å². The Morgan fingerprint density at radius 2 is 1.92 bits per heavy atom. The molecule has 2 N–H and O–H groups in total. The number of amides is 2. The van der Waals surface area contributed by atoms with Crippen LogP contribution < -0.4 is 10.6 Å². The van der Waals surface area contributed by atoms with Crippen LogP contribution in [0.3, 0.4) is 0 Å². The SMILES string of the molecule is COC(=O)Nc1cc(NC(=O)c2ccc([N+](=O)[O-])cc2Cl)ccc1F. The number of nitrogens with one attached hydrogen (secondary N) is 2. The minimum atomic E-state index is -0.874. The molecule has 130 valence electrons. The zero-order valence-electron chi connectivity index (χ0n) is 12.7. The number of non-ortho nitro benzene ring substituents is 1. The molecule has 0 fully saturated rings. The Bertz CT molecular complexity index is 859. The molecule has 0 aromatic heterocycles. The lowest BCUT2D eigenvalue weighted by Crippen LogP contribution is -2.15. The summed E-state index contributed by atoms with van der Waals surface area (Å²) in [6.07, 6.45) is -0.874. The van der Waals surface area contributed by atoms with Crippen LogP contribution in [0.5, 0.6) is 0 Å². The van der Waals surface area contributed by atoms with Gasteiger partial charge in [-0.3, -0.25) is 20.2 Å². The number of anilines is 2. The van der Waals surface area contributed by atoms with E-state index in [-0.39, 0.29) is 27.6 Å². The fourth-order valence-electron chi connectivity index (χ4n) is 1.86. The van der Waals surface area contributed by atoms with Crippen molar-refractivity contribution in [3.05, 3.63) is 62.9 Å². The lowest BCUT2D eigenvalue weighted by atomic mass is 10.2. The molecule has 0 atom stereocenters. The molecule has 0 unspecified atom stereocenters. The predicted octanol–water partition coefficient (Wildman–Crippen LogP) is 3.82. The topological polar surface area (TPSA) is 111 Å². The van der Waals surface area contributed by atoms with E-state index in [0.717, 1.165) is 25.3 Å². The van der Waals surface area contributed by atoms with E-state index in [1.807, 2.05) is 0 Å². The summed E-state index contributed by atoms with van der Waals surface area (Å²) in [6.45, 7) is 0. The van der Waals surface area contributed by atoms with Crippen molar-refractivity contribution in [2.75, 3.05) is 17.7 Å². The van der Waals surface area contributed by atoms with Crippen LogP contribution >= 0.6 is 11.6 Å². The average Bonchev–Trinajstić information content (AvgIpc) is 2.57. The van der Waals surface area contributed by atoms with Crippen LogP contribution in [-0.4, -0.2) is 24.0 Å². The van der Waals surface area contributed by atoms with Crippen LogP contribution in [0.2, 0.25) is 5.02 Å². The van der Waals surface area contributed by atoms with E-state index >= 15 is 0 Å². The van der Waals surface area contributed by atoms with Crippen LogP contribution in [0.1, 0.15) is 10.4 Å². The predicted molar refractivity (Wildman–Crippen MR) is 88.5 cm³/mol. The molecule has 0 aliphatic heterocycles. The Hall–Kier alpha value is -3.20. The van der Waals surface area contributed by atoms with E-state index in [1.54, 1.807) is 0 Å². The van der Waals surface area contributed by atoms with E-state index in [4.69, 9.17) is 11.6 Å². The largest absolute Gasteiger partial charge is 0.453 e. The summed E-state index contributed by atoms with van der Waals surface area (Å²) in [5.74, 6) is -1.38. The number of hydrogen-bond acceptors (Lipinski definition) is 5. The first kappa shape index (κ1) is 18.1. The molecule has 2 aromatic rings. The molecule has 0 heterocycles. The van der Waals surface area contributed by atoms with Gasteiger partial charge in [-0.2, -0.15) is 0 Å². The third-order valence-corrected chi connectivity index (χ3v) is 3.37. The smallest absolute Gasteiger partial charge is 0.411 e. The summed E-state index contributed by atoms with van der Waals surface area (Å²) in [7, 11) is 1.12.